The number of carboxylic acid groups (broad SMARTS) is 1. The summed E-state index contributed by atoms with van der Waals surface area (Å²) in [5.41, 5.74) is 0.958. The Bertz CT molecular complexity index is 517. The van der Waals surface area contributed by atoms with Gasteiger partial charge in [0.1, 0.15) is 5.75 Å². The highest BCUT2D eigenvalue weighted by Gasteiger charge is 2.58. The Morgan fingerprint density at radius 3 is 2.68 bits per heavy atom. The van der Waals surface area contributed by atoms with E-state index in [1.165, 1.54) is 19.2 Å². The van der Waals surface area contributed by atoms with Crippen molar-refractivity contribution in [1.82, 2.24) is 0 Å². The molecule has 0 heterocycles. The van der Waals surface area contributed by atoms with E-state index >= 15 is 0 Å². The molecule has 1 unspecified atom stereocenters. The van der Waals surface area contributed by atoms with Gasteiger partial charge >= 0.3 is 5.97 Å². The van der Waals surface area contributed by atoms with E-state index < -0.39 is 17.8 Å². The Morgan fingerprint density at radius 2 is 2.21 bits per heavy atom. The van der Waals surface area contributed by atoms with Crippen LogP contribution in [0.25, 0.3) is 0 Å². The van der Waals surface area contributed by atoms with Crippen molar-refractivity contribution in [3.8, 4) is 5.75 Å². The lowest BCUT2D eigenvalue weighted by atomic mass is 10.0. The quantitative estimate of drug-likeness (QED) is 0.903. The minimum Gasteiger partial charge on any atom is -0.496 e. The molecule has 104 valence electrons. The van der Waals surface area contributed by atoms with Crippen molar-refractivity contribution in [2.24, 2.45) is 0 Å². The summed E-state index contributed by atoms with van der Waals surface area (Å²) in [6.07, 6.45) is -0.0725. The van der Waals surface area contributed by atoms with Gasteiger partial charge in [-0.05, 0) is 23.6 Å². The summed E-state index contributed by atoms with van der Waals surface area (Å²) >= 11 is 5.98. The van der Waals surface area contributed by atoms with Crippen LogP contribution in [0.4, 0.5) is 8.78 Å². The van der Waals surface area contributed by atoms with Crippen molar-refractivity contribution in [2.75, 3.05) is 7.11 Å². The first-order valence-corrected chi connectivity index (χ1v) is 6.19. The topological polar surface area (TPSA) is 46.5 Å². The summed E-state index contributed by atoms with van der Waals surface area (Å²) in [5.74, 6) is -4.09. The molecule has 0 radical (unpaired) electrons. The zero-order valence-corrected chi connectivity index (χ0v) is 11.0. The van der Waals surface area contributed by atoms with Crippen molar-refractivity contribution < 1.29 is 23.4 Å². The Kier molecular flexibility index (Phi) is 3.67. The van der Waals surface area contributed by atoms with Crippen LogP contribution in [0.2, 0.25) is 5.02 Å². The Morgan fingerprint density at radius 1 is 1.58 bits per heavy atom. The number of aryl methyl sites for hydroxylation is 1. The number of halogens is 3. The molecule has 1 atom stereocenters. The predicted octanol–water partition coefficient (Wildman–Crippen LogP) is 3.49. The first kappa shape index (κ1) is 14.1. The number of ether oxygens (including phenoxy) is 1. The molecule has 1 aromatic rings. The second-order valence-corrected chi connectivity index (χ2v) is 5.00. The molecule has 0 aromatic heterocycles. The van der Waals surface area contributed by atoms with E-state index in [4.69, 9.17) is 21.4 Å². The number of hydrogen-bond acceptors (Lipinski definition) is 2. The van der Waals surface area contributed by atoms with E-state index in [2.05, 4.69) is 0 Å². The van der Waals surface area contributed by atoms with Gasteiger partial charge in [-0.1, -0.05) is 17.7 Å². The van der Waals surface area contributed by atoms with Crippen molar-refractivity contribution in [2.45, 2.75) is 31.1 Å². The van der Waals surface area contributed by atoms with Crippen LogP contribution in [0.5, 0.6) is 5.75 Å². The van der Waals surface area contributed by atoms with Crippen LogP contribution in [-0.4, -0.2) is 24.1 Å². The lowest BCUT2D eigenvalue weighted by molar-refractivity contribution is -0.136. The molecule has 1 N–H and O–H groups in total. The predicted molar refractivity (Wildman–Crippen MR) is 66.3 cm³/mol. The van der Waals surface area contributed by atoms with Gasteiger partial charge in [-0.25, -0.2) is 8.78 Å². The molecule has 0 spiro atoms. The fourth-order valence-electron chi connectivity index (χ4n) is 2.06. The van der Waals surface area contributed by atoms with Crippen LogP contribution in [-0.2, 0) is 11.2 Å². The number of hydrogen-bond donors (Lipinski definition) is 1. The van der Waals surface area contributed by atoms with Gasteiger partial charge in [0.05, 0.1) is 13.0 Å². The number of alkyl halides is 2. The molecule has 1 fully saturated rings. The van der Waals surface area contributed by atoms with Crippen LogP contribution in [0.3, 0.4) is 0 Å². The maximum absolute atomic E-state index is 13.1. The van der Waals surface area contributed by atoms with E-state index in [-0.39, 0.29) is 24.3 Å². The van der Waals surface area contributed by atoms with Crippen molar-refractivity contribution in [3.05, 3.63) is 28.3 Å². The minimum atomic E-state index is -2.71. The van der Waals surface area contributed by atoms with E-state index in [1.54, 1.807) is 0 Å². The maximum atomic E-state index is 13.1. The minimum absolute atomic E-state index is 0.0848. The summed E-state index contributed by atoms with van der Waals surface area (Å²) in [6, 6.07) is 3.01. The summed E-state index contributed by atoms with van der Waals surface area (Å²) in [6.45, 7) is 0. The van der Waals surface area contributed by atoms with E-state index in [1.807, 2.05) is 0 Å². The number of carbonyl (C=O) groups is 1. The van der Waals surface area contributed by atoms with Crippen molar-refractivity contribution >= 4 is 17.6 Å². The summed E-state index contributed by atoms with van der Waals surface area (Å²) in [4.78, 5) is 10.6. The van der Waals surface area contributed by atoms with Crippen molar-refractivity contribution in [3.63, 3.8) is 0 Å². The zero-order valence-electron chi connectivity index (χ0n) is 10.3. The maximum Gasteiger partial charge on any atom is 0.303 e. The molecule has 3 nitrogen and oxygen atoms in total. The van der Waals surface area contributed by atoms with Gasteiger partial charge in [-0.15, -0.1) is 0 Å². The Labute approximate surface area is 114 Å². The third-order valence-electron chi connectivity index (χ3n) is 3.21. The average molecular weight is 291 g/mol. The molecule has 1 aliphatic rings. The second-order valence-electron chi connectivity index (χ2n) is 4.60. The fraction of sp³-hybridized carbons (Fsp3) is 0.462. The van der Waals surface area contributed by atoms with Gasteiger partial charge in [0.25, 0.3) is 5.92 Å². The first-order chi connectivity index (χ1) is 8.85. The Balaban J connectivity index is 2.30. The van der Waals surface area contributed by atoms with Crippen LogP contribution < -0.4 is 4.74 Å². The smallest absolute Gasteiger partial charge is 0.303 e. The normalized spacial score (nSPS) is 20.1. The molecule has 0 amide bonds. The summed E-state index contributed by atoms with van der Waals surface area (Å²) in [5, 5.41) is 8.91. The molecule has 1 saturated carbocycles. The second kappa shape index (κ2) is 4.96. The molecule has 1 aromatic carbocycles. The highest BCUT2D eigenvalue weighted by atomic mass is 35.5. The van der Waals surface area contributed by atoms with Crippen LogP contribution in [0, 0.1) is 0 Å². The molecule has 0 saturated heterocycles. The molecule has 0 aliphatic heterocycles. The standard InChI is InChI=1S/C13H13ClF2O3/c1-19-11-5-10(14)8(9-6-13(9,15)16)4-7(11)2-3-12(17)18/h4-5,9H,2-3,6H2,1H3,(H,17,18). The van der Waals surface area contributed by atoms with Gasteiger partial charge in [-0.2, -0.15) is 0 Å². The molecule has 6 heteroatoms. The highest BCUT2D eigenvalue weighted by Crippen LogP contribution is 2.57. The fourth-order valence-corrected chi connectivity index (χ4v) is 2.35. The lowest BCUT2D eigenvalue weighted by Gasteiger charge is -2.12. The number of methoxy groups -OCH3 is 1. The van der Waals surface area contributed by atoms with Crippen LogP contribution in [0.15, 0.2) is 12.1 Å². The molecular weight excluding hydrogens is 278 g/mol. The largest absolute Gasteiger partial charge is 0.496 e. The molecule has 1 aliphatic carbocycles. The molecule has 2 rings (SSSR count). The van der Waals surface area contributed by atoms with Gasteiger partial charge in [0, 0.05) is 17.9 Å². The number of rotatable bonds is 5. The third-order valence-corrected chi connectivity index (χ3v) is 3.54. The van der Waals surface area contributed by atoms with E-state index in [0.29, 0.717) is 16.9 Å². The molecule has 0 bridgehead atoms. The van der Waals surface area contributed by atoms with Gasteiger partial charge in [0.2, 0.25) is 0 Å². The van der Waals surface area contributed by atoms with Gasteiger partial charge < -0.3 is 9.84 Å². The number of carboxylic acids is 1. The van der Waals surface area contributed by atoms with Crippen LogP contribution in [0.1, 0.15) is 29.9 Å². The number of aliphatic carboxylic acids is 1. The zero-order chi connectivity index (χ0) is 14.2. The van der Waals surface area contributed by atoms with E-state index in [9.17, 15) is 13.6 Å². The van der Waals surface area contributed by atoms with Crippen LogP contribution >= 0.6 is 11.6 Å². The summed E-state index contributed by atoms with van der Waals surface area (Å²) in [7, 11) is 1.43. The highest BCUT2D eigenvalue weighted by molar-refractivity contribution is 6.31. The van der Waals surface area contributed by atoms with Crippen molar-refractivity contribution in [1.29, 1.82) is 0 Å². The third kappa shape index (κ3) is 2.97. The SMILES string of the molecule is COc1cc(Cl)c(C2CC2(F)F)cc1CCC(=O)O. The Hall–Kier alpha value is -1.36. The van der Waals surface area contributed by atoms with E-state index in [0.717, 1.165) is 0 Å². The molecular formula is C13H13ClF2O3. The van der Waals surface area contributed by atoms with Gasteiger partial charge in [-0.3, -0.25) is 4.79 Å². The number of benzene rings is 1. The van der Waals surface area contributed by atoms with Gasteiger partial charge in [0.15, 0.2) is 0 Å². The average Bonchev–Trinajstić information content (AvgIpc) is 2.95. The monoisotopic (exact) mass is 290 g/mol. The summed E-state index contributed by atoms with van der Waals surface area (Å²) < 4.78 is 31.3. The first-order valence-electron chi connectivity index (χ1n) is 5.81. The molecule has 19 heavy (non-hydrogen) atoms. The lowest BCUT2D eigenvalue weighted by Crippen LogP contribution is -2.02.